The van der Waals surface area contributed by atoms with Gasteiger partial charge in [-0.3, -0.25) is 4.90 Å². The molecule has 2 N–H and O–H groups in total. The highest BCUT2D eigenvalue weighted by molar-refractivity contribution is 4.98. The van der Waals surface area contributed by atoms with Crippen molar-refractivity contribution in [2.75, 3.05) is 60.2 Å². The van der Waals surface area contributed by atoms with E-state index in [2.05, 4.69) is 23.6 Å². The molecule has 0 aromatic heterocycles. The first-order valence-corrected chi connectivity index (χ1v) is 7.80. The summed E-state index contributed by atoms with van der Waals surface area (Å²) < 4.78 is 10.6. The van der Waals surface area contributed by atoms with Gasteiger partial charge in [0.2, 0.25) is 0 Å². The number of hydrogen-bond acceptors (Lipinski definition) is 5. The Morgan fingerprint density at radius 2 is 1.90 bits per heavy atom. The van der Waals surface area contributed by atoms with Gasteiger partial charge in [-0.15, -0.1) is 0 Å². The predicted molar refractivity (Wildman–Crippen MR) is 83.1 cm³/mol. The standard InChI is InChI=1S/C15H33N3O2/c1-5-17-8-6-15(13-16,7-9-17)18(10-11-19-3)14(2)12-20-4/h14H,5-13,16H2,1-4H3. The zero-order valence-electron chi connectivity index (χ0n) is 13.7. The Balaban J connectivity index is 2.78. The lowest BCUT2D eigenvalue weighted by Gasteiger charge is -2.50. The molecule has 0 radical (unpaired) electrons. The van der Waals surface area contributed by atoms with E-state index in [1.807, 2.05) is 0 Å². The molecule has 5 nitrogen and oxygen atoms in total. The summed E-state index contributed by atoms with van der Waals surface area (Å²) in [5.41, 5.74) is 6.29. The molecule has 1 heterocycles. The van der Waals surface area contributed by atoms with E-state index in [0.717, 1.165) is 52.2 Å². The molecule has 0 spiro atoms. The third kappa shape index (κ3) is 4.40. The number of methoxy groups -OCH3 is 2. The van der Waals surface area contributed by atoms with Gasteiger partial charge in [-0.25, -0.2) is 0 Å². The topological polar surface area (TPSA) is 51.0 Å². The summed E-state index contributed by atoms with van der Waals surface area (Å²) in [4.78, 5) is 5.02. The minimum atomic E-state index is 0.0994. The molecule has 1 saturated heterocycles. The van der Waals surface area contributed by atoms with E-state index in [-0.39, 0.29) is 5.54 Å². The van der Waals surface area contributed by atoms with Crippen molar-refractivity contribution >= 4 is 0 Å². The van der Waals surface area contributed by atoms with Gasteiger partial charge in [0, 0.05) is 38.9 Å². The highest BCUT2D eigenvalue weighted by atomic mass is 16.5. The molecule has 0 amide bonds. The molecule has 0 saturated carbocycles. The van der Waals surface area contributed by atoms with E-state index in [0.29, 0.717) is 12.6 Å². The molecule has 0 aromatic carbocycles. The van der Waals surface area contributed by atoms with Crippen LogP contribution in [0.15, 0.2) is 0 Å². The maximum absolute atomic E-state index is 6.19. The number of nitrogens with zero attached hydrogens (tertiary/aromatic N) is 2. The van der Waals surface area contributed by atoms with Gasteiger partial charge >= 0.3 is 0 Å². The normalized spacial score (nSPS) is 21.3. The molecule has 1 unspecified atom stereocenters. The molecule has 1 aliphatic heterocycles. The summed E-state index contributed by atoms with van der Waals surface area (Å²) in [5, 5.41) is 0. The lowest BCUT2D eigenvalue weighted by Crippen LogP contribution is -2.63. The maximum atomic E-state index is 6.19. The molecule has 0 bridgehead atoms. The van der Waals surface area contributed by atoms with Crippen molar-refractivity contribution in [1.29, 1.82) is 0 Å². The van der Waals surface area contributed by atoms with Gasteiger partial charge < -0.3 is 20.1 Å². The summed E-state index contributed by atoms with van der Waals surface area (Å²) in [6.07, 6.45) is 2.27. The smallest absolute Gasteiger partial charge is 0.0615 e. The first kappa shape index (κ1) is 17.9. The number of hydrogen-bond donors (Lipinski definition) is 1. The SMILES string of the molecule is CCN1CCC(CN)(N(CCOC)C(C)COC)CC1. The summed E-state index contributed by atoms with van der Waals surface area (Å²) in [5.74, 6) is 0. The van der Waals surface area contributed by atoms with Crippen LogP contribution >= 0.6 is 0 Å². The molecular weight excluding hydrogens is 254 g/mol. The van der Waals surface area contributed by atoms with Gasteiger partial charge in [-0.2, -0.15) is 0 Å². The van der Waals surface area contributed by atoms with Crippen LogP contribution < -0.4 is 5.73 Å². The van der Waals surface area contributed by atoms with Crippen molar-refractivity contribution in [3.05, 3.63) is 0 Å². The summed E-state index contributed by atoms with van der Waals surface area (Å²) in [6, 6.07) is 0.367. The highest BCUT2D eigenvalue weighted by Gasteiger charge is 2.40. The van der Waals surface area contributed by atoms with Crippen LogP contribution in [-0.4, -0.2) is 81.5 Å². The van der Waals surface area contributed by atoms with Crippen molar-refractivity contribution in [3.8, 4) is 0 Å². The van der Waals surface area contributed by atoms with Crippen molar-refractivity contribution in [3.63, 3.8) is 0 Å². The molecule has 1 rings (SSSR count). The van der Waals surface area contributed by atoms with E-state index >= 15 is 0 Å². The molecule has 5 heteroatoms. The van der Waals surface area contributed by atoms with Gasteiger partial charge in [-0.05, 0) is 39.4 Å². The molecular formula is C15H33N3O2. The Labute approximate surface area is 124 Å². The fraction of sp³-hybridized carbons (Fsp3) is 1.00. The van der Waals surface area contributed by atoms with E-state index in [4.69, 9.17) is 15.2 Å². The zero-order chi connectivity index (χ0) is 15.0. The van der Waals surface area contributed by atoms with Gasteiger partial charge in [0.25, 0.3) is 0 Å². The molecule has 0 aromatic rings. The van der Waals surface area contributed by atoms with Crippen LogP contribution in [0.3, 0.4) is 0 Å². The summed E-state index contributed by atoms with van der Waals surface area (Å²) in [7, 11) is 3.52. The summed E-state index contributed by atoms with van der Waals surface area (Å²) >= 11 is 0. The fourth-order valence-electron chi connectivity index (χ4n) is 3.34. The van der Waals surface area contributed by atoms with Gasteiger partial charge in [0.05, 0.1) is 13.2 Å². The lowest BCUT2D eigenvalue weighted by atomic mass is 9.84. The number of ether oxygens (including phenoxy) is 2. The first-order chi connectivity index (χ1) is 9.63. The van der Waals surface area contributed by atoms with E-state index < -0.39 is 0 Å². The Bertz CT molecular complexity index is 256. The van der Waals surface area contributed by atoms with Crippen molar-refractivity contribution in [2.45, 2.75) is 38.3 Å². The lowest BCUT2D eigenvalue weighted by molar-refractivity contribution is -0.0315. The maximum Gasteiger partial charge on any atom is 0.0615 e. The summed E-state index contributed by atoms with van der Waals surface area (Å²) in [6.45, 7) is 11.0. The van der Waals surface area contributed by atoms with Gasteiger partial charge in [-0.1, -0.05) is 6.92 Å². The zero-order valence-corrected chi connectivity index (χ0v) is 13.7. The van der Waals surface area contributed by atoms with Crippen LogP contribution in [0.5, 0.6) is 0 Å². The Morgan fingerprint density at radius 3 is 2.35 bits per heavy atom. The third-order valence-electron chi connectivity index (χ3n) is 4.70. The molecule has 120 valence electrons. The number of rotatable bonds is 9. The number of nitrogens with two attached hydrogens (primary N) is 1. The first-order valence-electron chi connectivity index (χ1n) is 7.80. The van der Waals surface area contributed by atoms with Crippen LogP contribution in [0, 0.1) is 0 Å². The highest BCUT2D eigenvalue weighted by Crippen LogP contribution is 2.30. The van der Waals surface area contributed by atoms with Crippen molar-refractivity contribution in [2.24, 2.45) is 5.73 Å². The monoisotopic (exact) mass is 287 g/mol. The Morgan fingerprint density at radius 1 is 1.25 bits per heavy atom. The number of piperidine rings is 1. The van der Waals surface area contributed by atoms with Crippen LogP contribution in [0.2, 0.25) is 0 Å². The fourth-order valence-corrected chi connectivity index (χ4v) is 3.34. The Kier molecular flexibility index (Phi) is 7.99. The quantitative estimate of drug-likeness (QED) is 0.679. The molecule has 1 atom stereocenters. The average molecular weight is 287 g/mol. The number of likely N-dealkylation sites (tertiary alicyclic amines) is 1. The minimum absolute atomic E-state index is 0.0994. The largest absolute Gasteiger partial charge is 0.383 e. The van der Waals surface area contributed by atoms with Gasteiger partial charge in [0.1, 0.15) is 0 Å². The van der Waals surface area contributed by atoms with Crippen LogP contribution in [0.1, 0.15) is 26.7 Å². The van der Waals surface area contributed by atoms with Crippen molar-refractivity contribution in [1.82, 2.24) is 9.80 Å². The Hall–Kier alpha value is -0.200. The second-order valence-corrected chi connectivity index (χ2v) is 5.85. The van der Waals surface area contributed by atoms with Crippen LogP contribution in [-0.2, 0) is 9.47 Å². The molecule has 1 fully saturated rings. The van der Waals surface area contributed by atoms with E-state index in [1.54, 1.807) is 14.2 Å². The molecule has 1 aliphatic rings. The van der Waals surface area contributed by atoms with Crippen LogP contribution in [0.4, 0.5) is 0 Å². The van der Waals surface area contributed by atoms with E-state index in [1.165, 1.54) is 0 Å². The van der Waals surface area contributed by atoms with E-state index in [9.17, 15) is 0 Å². The van der Waals surface area contributed by atoms with Gasteiger partial charge in [0.15, 0.2) is 0 Å². The average Bonchev–Trinajstić information content (AvgIpc) is 2.48. The molecule has 20 heavy (non-hydrogen) atoms. The second-order valence-electron chi connectivity index (χ2n) is 5.85. The van der Waals surface area contributed by atoms with Crippen molar-refractivity contribution < 1.29 is 9.47 Å². The minimum Gasteiger partial charge on any atom is -0.383 e. The predicted octanol–water partition coefficient (Wildman–Crippen LogP) is 0.783. The van der Waals surface area contributed by atoms with Crippen LogP contribution in [0.25, 0.3) is 0 Å². The second kappa shape index (κ2) is 8.95. The third-order valence-corrected chi connectivity index (χ3v) is 4.70. The molecule has 0 aliphatic carbocycles.